The number of aryl methyl sites for hydroxylation is 2. The van der Waals surface area contributed by atoms with Crippen molar-refractivity contribution in [1.29, 1.82) is 0 Å². The second kappa shape index (κ2) is 6.38. The van der Waals surface area contributed by atoms with Crippen LogP contribution in [0.5, 0.6) is 0 Å². The lowest BCUT2D eigenvalue weighted by Crippen LogP contribution is -1.84. The van der Waals surface area contributed by atoms with Gasteiger partial charge in [0.2, 0.25) is 11.8 Å². The number of hydrogen-bond donors (Lipinski definition) is 0. The van der Waals surface area contributed by atoms with E-state index < -0.39 is 0 Å². The third-order valence-electron chi connectivity index (χ3n) is 4.00. The highest BCUT2D eigenvalue weighted by atomic mass is 35.5. The van der Waals surface area contributed by atoms with E-state index >= 15 is 0 Å². The molecule has 23 heavy (non-hydrogen) atoms. The van der Waals surface area contributed by atoms with Gasteiger partial charge in [0.05, 0.1) is 16.3 Å². The molecule has 1 aromatic heterocycles. The topological polar surface area (TPSA) is 38.9 Å². The highest BCUT2D eigenvalue weighted by molar-refractivity contribution is 7.98. The Hall–Kier alpha value is -1.78. The highest BCUT2D eigenvalue weighted by Crippen LogP contribution is 2.31. The van der Waals surface area contributed by atoms with Gasteiger partial charge in [-0.05, 0) is 54.7 Å². The van der Waals surface area contributed by atoms with E-state index in [1.807, 2.05) is 24.3 Å². The van der Waals surface area contributed by atoms with Gasteiger partial charge in [-0.3, -0.25) is 0 Å². The fraction of sp³-hybridized carbons (Fsp3) is 0.222. The maximum absolute atomic E-state index is 6.16. The number of thioether (sulfide) groups is 1. The summed E-state index contributed by atoms with van der Waals surface area (Å²) >= 11 is 7.89. The third-order valence-corrected chi connectivity index (χ3v) is 5.31. The molecule has 0 spiro atoms. The molecule has 3 aromatic rings. The van der Waals surface area contributed by atoms with E-state index in [0.29, 0.717) is 22.6 Å². The van der Waals surface area contributed by atoms with Gasteiger partial charge in [0.25, 0.3) is 0 Å². The van der Waals surface area contributed by atoms with Crippen LogP contribution < -0.4 is 0 Å². The molecule has 3 nitrogen and oxygen atoms in total. The molecular weight excluding hydrogens is 328 g/mol. The van der Waals surface area contributed by atoms with E-state index in [-0.39, 0.29) is 0 Å². The van der Waals surface area contributed by atoms with Gasteiger partial charge in [0.15, 0.2) is 0 Å². The van der Waals surface area contributed by atoms with Crippen LogP contribution >= 0.6 is 23.4 Å². The van der Waals surface area contributed by atoms with Crippen LogP contribution in [0.2, 0.25) is 5.02 Å². The van der Waals surface area contributed by atoms with Gasteiger partial charge in [0.1, 0.15) is 0 Å². The number of nitrogens with zero attached hydrogens (tertiary/aromatic N) is 2. The van der Waals surface area contributed by atoms with Crippen LogP contribution in [0, 0.1) is 0 Å². The number of hydrogen-bond acceptors (Lipinski definition) is 4. The van der Waals surface area contributed by atoms with E-state index in [9.17, 15) is 0 Å². The first kappa shape index (κ1) is 14.8. The van der Waals surface area contributed by atoms with Gasteiger partial charge >= 0.3 is 0 Å². The Balaban J connectivity index is 1.47. The summed E-state index contributed by atoms with van der Waals surface area (Å²) in [6, 6.07) is 14.2. The fourth-order valence-electron chi connectivity index (χ4n) is 2.84. The zero-order valence-corrected chi connectivity index (χ0v) is 14.0. The Morgan fingerprint density at radius 1 is 1.04 bits per heavy atom. The summed E-state index contributed by atoms with van der Waals surface area (Å²) in [5.74, 6) is 1.75. The minimum absolute atomic E-state index is 0.472. The second-order valence-corrected chi connectivity index (χ2v) is 7.01. The zero-order valence-electron chi connectivity index (χ0n) is 12.5. The summed E-state index contributed by atoms with van der Waals surface area (Å²) in [5, 5.41) is 8.85. The number of benzene rings is 2. The smallest absolute Gasteiger partial charge is 0.249 e. The first-order chi connectivity index (χ1) is 11.3. The van der Waals surface area contributed by atoms with Crippen molar-refractivity contribution >= 4 is 23.4 Å². The van der Waals surface area contributed by atoms with Crippen molar-refractivity contribution in [2.24, 2.45) is 0 Å². The number of rotatable bonds is 4. The van der Waals surface area contributed by atoms with Gasteiger partial charge in [0, 0.05) is 4.90 Å². The first-order valence-electron chi connectivity index (χ1n) is 7.61. The summed E-state index contributed by atoms with van der Waals surface area (Å²) in [4.78, 5) is 1.25. The molecule has 0 saturated heterocycles. The fourth-order valence-corrected chi connectivity index (χ4v) is 3.85. The van der Waals surface area contributed by atoms with Gasteiger partial charge in [-0.2, -0.15) is 0 Å². The van der Waals surface area contributed by atoms with Crippen LogP contribution in [0.1, 0.15) is 23.4 Å². The van der Waals surface area contributed by atoms with Crippen molar-refractivity contribution in [3.63, 3.8) is 0 Å². The van der Waals surface area contributed by atoms with E-state index in [2.05, 4.69) is 28.4 Å². The maximum Gasteiger partial charge on any atom is 0.249 e. The summed E-state index contributed by atoms with van der Waals surface area (Å²) in [6.45, 7) is 0. The predicted octanol–water partition coefficient (Wildman–Crippen LogP) is 5.17. The summed E-state index contributed by atoms with van der Waals surface area (Å²) in [7, 11) is 0. The largest absolute Gasteiger partial charge is 0.420 e. The molecule has 4 rings (SSSR count). The van der Waals surface area contributed by atoms with Gasteiger partial charge in [-0.15, -0.1) is 22.0 Å². The molecule has 116 valence electrons. The molecule has 0 amide bonds. The Labute approximate surface area is 144 Å². The molecule has 0 bridgehead atoms. The van der Waals surface area contributed by atoms with Gasteiger partial charge in [-0.25, -0.2) is 0 Å². The standard InChI is InChI=1S/C18H15ClN2OS/c19-16-7-2-1-6-15(16)18-21-20-17(22-18)11-23-14-9-8-12-4-3-5-13(12)10-14/h1-2,6-10H,3-5,11H2. The number of aromatic nitrogens is 2. The molecule has 0 atom stereocenters. The van der Waals surface area contributed by atoms with Crippen molar-refractivity contribution in [2.45, 2.75) is 29.9 Å². The van der Waals surface area contributed by atoms with Crippen LogP contribution in [0.15, 0.2) is 51.8 Å². The molecule has 0 radical (unpaired) electrons. The molecule has 5 heteroatoms. The summed E-state index contributed by atoms with van der Waals surface area (Å²) in [6.07, 6.45) is 3.68. The van der Waals surface area contributed by atoms with Crippen molar-refractivity contribution in [3.05, 3.63) is 64.5 Å². The molecule has 0 unspecified atom stereocenters. The quantitative estimate of drug-likeness (QED) is 0.613. The van der Waals surface area contributed by atoms with Gasteiger partial charge in [-0.1, -0.05) is 29.8 Å². The van der Waals surface area contributed by atoms with E-state index in [1.54, 1.807) is 11.8 Å². The van der Waals surface area contributed by atoms with Gasteiger partial charge < -0.3 is 4.42 Å². The molecule has 2 aromatic carbocycles. The number of halogens is 1. The van der Waals surface area contributed by atoms with Crippen LogP contribution in [0.3, 0.4) is 0 Å². The van der Waals surface area contributed by atoms with Crippen LogP contribution in [0.4, 0.5) is 0 Å². The van der Waals surface area contributed by atoms with E-state index in [1.165, 1.54) is 35.3 Å². The van der Waals surface area contributed by atoms with Crippen LogP contribution in [-0.2, 0) is 18.6 Å². The summed E-state index contributed by atoms with van der Waals surface area (Å²) < 4.78 is 5.74. The van der Waals surface area contributed by atoms with E-state index in [4.69, 9.17) is 16.0 Å². The Morgan fingerprint density at radius 3 is 2.83 bits per heavy atom. The minimum atomic E-state index is 0.472. The molecular formula is C18H15ClN2OS. The maximum atomic E-state index is 6.16. The molecule has 1 heterocycles. The highest BCUT2D eigenvalue weighted by Gasteiger charge is 2.13. The lowest BCUT2D eigenvalue weighted by Gasteiger charge is -2.03. The lowest BCUT2D eigenvalue weighted by atomic mass is 10.1. The molecule has 0 fully saturated rings. The average Bonchev–Trinajstić information content (AvgIpc) is 3.22. The van der Waals surface area contributed by atoms with E-state index in [0.717, 1.165) is 5.56 Å². The van der Waals surface area contributed by atoms with Crippen molar-refractivity contribution in [1.82, 2.24) is 10.2 Å². The summed E-state index contributed by atoms with van der Waals surface area (Å²) in [5.41, 5.74) is 3.75. The average molecular weight is 343 g/mol. The number of fused-ring (bicyclic) bond motifs is 1. The van der Waals surface area contributed by atoms with Crippen LogP contribution in [-0.4, -0.2) is 10.2 Å². The third kappa shape index (κ3) is 3.14. The van der Waals surface area contributed by atoms with Crippen molar-refractivity contribution in [2.75, 3.05) is 0 Å². The molecule has 0 saturated carbocycles. The normalized spacial score (nSPS) is 13.3. The predicted molar refractivity (Wildman–Crippen MR) is 92.8 cm³/mol. The first-order valence-corrected chi connectivity index (χ1v) is 8.98. The van der Waals surface area contributed by atoms with Crippen molar-refractivity contribution in [3.8, 4) is 11.5 Å². The zero-order chi connectivity index (χ0) is 15.6. The molecule has 1 aliphatic rings. The molecule has 0 aliphatic heterocycles. The molecule has 1 aliphatic carbocycles. The second-order valence-electron chi connectivity index (χ2n) is 5.55. The monoisotopic (exact) mass is 342 g/mol. The Bertz CT molecular complexity index is 847. The Kier molecular flexibility index (Phi) is 4.10. The van der Waals surface area contributed by atoms with Crippen molar-refractivity contribution < 1.29 is 4.42 Å². The lowest BCUT2D eigenvalue weighted by molar-refractivity contribution is 0.528. The van der Waals surface area contributed by atoms with Crippen LogP contribution in [0.25, 0.3) is 11.5 Å². The Morgan fingerprint density at radius 2 is 1.91 bits per heavy atom. The molecule has 0 N–H and O–H groups in total. The minimum Gasteiger partial charge on any atom is -0.420 e. The SMILES string of the molecule is Clc1ccccc1-c1nnc(CSc2ccc3c(c2)CCC3)o1.